The van der Waals surface area contributed by atoms with Gasteiger partial charge in [-0.05, 0) is 35.1 Å². The summed E-state index contributed by atoms with van der Waals surface area (Å²) in [7, 11) is 1.59. The summed E-state index contributed by atoms with van der Waals surface area (Å²) in [6.45, 7) is 3.60. The Balaban J connectivity index is 1.54. The topological polar surface area (TPSA) is 78.3 Å². The van der Waals surface area contributed by atoms with Crippen LogP contribution in [0.25, 0.3) is 11.1 Å². The molecule has 7 nitrogen and oxygen atoms in total. The fraction of sp³-hybridized carbons (Fsp3) is 0.318. The van der Waals surface area contributed by atoms with Crippen molar-refractivity contribution in [1.82, 2.24) is 14.8 Å². The maximum atomic E-state index is 13.1. The number of ether oxygens (including phenoxy) is 2. The maximum absolute atomic E-state index is 13.1. The van der Waals surface area contributed by atoms with Gasteiger partial charge in [-0.15, -0.1) is 0 Å². The number of carbonyl (C=O) groups is 1. The van der Waals surface area contributed by atoms with Crippen LogP contribution in [0.15, 0.2) is 36.5 Å². The SMILES string of the molecule is COc1cc(-c2ccc3c(c2NC(=O)c2cc4n(n2)CCCO4)[C@H](C)C3)ccn1. The molecule has 5 rings (SSSR count). The van der Waals surface area contributed by atoms with Crippen molar-refractivity contribution in [3.05, 3.63) is 53.3 Å². The molecule has 0 radical (unpaired) electrons. The molecule has 1 atom stereocenters. The number of nitrogens with one attached hydrogen (secondary N) is 1. The zero-order valence-electron chi connectivity index (χ0n) is 16.4. The number of nitrogens with zero attached hydrogens (tertiary/aromatic N) is 3. The predicted octanol–water partition coefficient (Wildman–Crippen LogP) is 3.65. The fourth-order valence-corrected chi connectivity index (χ4v) is 4.12. The lowest BCUT2D eigenvalue weighted by Gasteiger charge is -2.31. The van der Waals surface area contributed by atoms with E-state index in [9.17, 15) is 4.79 Å². The highest BCUT2D eigenvalue weighted by molar-refractivity contribution is 6.06. The van der Waals surface area contributed by atoms with E-state index in [4.69, 9.17) is 9.47 Å². The van der Waals surface area contributed by atoms with Gasteiger partial charge in [-0.1, -0.05) is 19.1 Å². The second kappa shape index (κ2) is 6.92. The number of methoxy groups -OCH3 is 1. The van der Waals surface area contributed by atoms with Crippen molar-refractivity contribution in [3.8, 4) is 22.9 Å². The number of anilines is 1. The summed E-state index contributed by atoms with van der Waals surface area (Å²) in [6, 6.07) is 9.70. The molecule has 0 saturated carbocycles. The molecule has 0 unspecified atom stereocenters. The number of rotatable bonds is 4. The molecule has 0 bridgehead atoms. The Morgan fingerprint density at radius 3 is 3.00 bits per heavy atom. The summed E-state index contributed by atoms with van der Waals surface area (Å²) < 4.78 is 12.6. The van der Waals surface area contributed by atoms with Gasteiger partial charge < -0.3 is 14.8 Å². The van der Waals surface area contributed by atoms with Gasteiger partial charge in [0, 0.05) is 36.9 Å². The minimum atomic E-state index is -0.231. The van der Waals surface area contributed by atoms with Crippen LogP contribution in [-0.2, 0) is 13.0 Å². The van der Waals surface area contributed by atoms with Gasteiger partial charge in [-0.2, -0.15) is 5.10 Å². The van der Waals surface area contributed by atoms with Crippen LogP contribution in [0, 0.1) is 0 Å². The van der Waals surface area contributed by atoms with Gasteiger partial charge in [0.15, 0.2) is 5.69 Å². The largest absolute Gasteiger partial charge is 0.481 e. The minimum Gasteiger partial charge on any atom is -0.481 e. The lowest BCUT2D eigenvalue weighted by molar-refractivity contribution is 0.102. The van der Waals surface area contributed by atoms with Gasteiger partial charge in [0.05, 0.1) is 19.4 Å². The zero-order chi connectivity index (χ0) is 20.0. The summed E-state index contributed by atoms with van der Waals surface area (Å²) in [5, 5.41) is 7.55. The van der Waals surface area contributed by atoms with Crippen LogP contribution in [0.3, 0.4) is 0 Å². The standard InChI is InChI=1S/C22H22N4O3/c1-13-10-15-4-5-16(14-6-7-23-18(11-14)28-2)21(20(13)15)24-22(27)17-12-19-26(25-17)8-3-9-29-19/h4-7,11-13H,3,8-10H2,1-2H3,(H,24,27)/t13-/m1/s1. The molecule has 29 heavy (non-hydrogen) atoms. The Morgan fingerprint density at radius 1 is 1.31 bits per heavy atom. The molecule has 7 heteroatoms. The van der Waals surface area contributed by atoms with E-state index in [0.29, 0.717) is 30.0 Å². The first kappa shape index (κ1) is 17.7. The number of hydrogen-bond acceptors (Lipinski definition) is 5. The quantitative estimate of drug-likeness (QED) is 0.736. The number of benzene rings is 1. The fourth-order valence-electron chi connectivity index (χ4n) is 4.12. The normalized spacial score (nSPS) is 16.8. The molecular weight excluding hydrogens is 368 g/mol. The molecule has 0 saturated heterocycles. The van der Waals surface area contributed by atoms with Crippen LogP contribution in [0.4, 0.5) is 5.69 Å². The van der Waals surface area contributed by atoms with Gasteiger partial charge in [-0.3, -0.25) is 4.79 Å². The first-order valence-corrected chi connectivity index (χ1v) is 9.82. The van der Waals surface area contributed by atoms with Gasteiger partial charge in [0.1, 0.15) is 0 Å². The number of pyridine rings is 1. The van der Waals surface area contributed by atoms with E-state index in [1.807, 2.05) is 12.1 Å². The summed E-state index contributed by atoms with van der Waals surface area (Å²) in [5.41, 5.74) is 5.55. The molecule has 1 aliphatic heterocycles. The molecule has 3 heterocycles. The Labute approximate surface area is 168 Å². The van der Waals surface area contributed by atoms with Crippen molar-refractivity contribution in [2.75, 3.05) is 19.0 Å². The molecule has 2 aromatic heterocycles. The van der Waals surface area contributed by atoms with E-state index in [-0.39, 0.29) is 5.91 Å². The molecule has 1 amide bonds. The third-order valence-corrected chi connectivity index (χ3v) is 5.59. The summed E-state index contributed by atoms with van der Waals surface area (Å²) in [6.07, 6.45) is 3.63. The van der Waals surface area contributed by atoms with Crippen molar-refractivity contribution in [1.29, 1.82) is 0 Å². The Bertz CT molecular complexity index is 1080. The molecule has 1 aromatic carbocycles. The van der Waals surface area contributed by atoms with Crippen LogP contribution in [0.1, 0.15) is 40.9 Å². The number of fused-ring (bicyclic) bond motifs is 2. The molecule has 0 fully saturated rings. The Morgan fingerprint density at radius 2 is 2.21 bits per heavy atom. The lowest BCUT2D eigenvalue weighted by atomic mass is 9.76. The van der Waals surface area contributed by atoms with Gasteiger partial charge in [0.25, 0.3) is 5.91 Å². The Kier molecular flexibility index (Phi) is 4.23. The predicted molar refractivity (Wildman–Crippen MR) is 109 cm³/mol. The molecule has 1 N–H and O–H groups in total. The first-order valence-electron chi connectivity index (χ1n) is 9.82. The number of aromatic nitrogens is 3. The second-order valence-electron chi connectivity index (χ2n) is 7.50. The van der Waals surface area contributed by atoms with E-state index in [2.05, 4.69) is 34.5 Å². The number of aryl methyl sites for hydroxylation is 1. The maximum Gasteiger partial charge on any atom is 0.276 e. The van der Waals surface area contributed by atoms with Crippen molar-refractivity contribution in [2.45, 2.75) is 32.2 Å². The number of hydrogen-bond donors (Lipinski definition) is 1. The first-order chi connectivity index (χ1) is 14.1. The van der Waals surface area contributed by atoms with Crippen molar-refractivity contribution >= 4 is 11.6 Å². The van der Waals surface area contributed by atoms with Gasteiger partial charge in [-0.25, -0.2) is 9.67 Å². The number of carbonyl (C=O) groups excluding carboxylic acids is 1. The molecule has 2 aliphatic rings. The minimum absolute atomic E-state index is 0.231. The molecule has 1 aliphatic carbocycles. The smallest absolute Gasteiger partial charge is 0.276 e. The van der Waals surface area contributed by atoms with Crippen LogP contribution in [0.2, 0.25) is 0 Å². The lowest BCUT2D eigenvalue weighted by Crippen LogP contribution is -2.22. The van der Waals surface area contributed by atoms with Crippen molar-refractivity contribution in [3.63, 3.8) is 0 Å². The zero-order valence-corrected chi connectivity index (χ0v) is 16.4. The van der Waals surface area contributed by atoms with Crippen molar-refractivity contribution in [2.24, 2.45) is 0 Å². The van der Waals surface area contributed by atoms with Crippen molar-refractivity contribution < 1.29 is 14.3 Å². The number of amides is 1. The van der Waals surface area contributed by atoms with Crippen LogP contribution < -0.4 is 14.8 Å². The Hall–Kier alpha value is -3.35. The van der Waals surface area contributed by atoms with E-state index in [1.54, 1.807) is 24.1 Å². The third kappa shape index (κ3) is 3.03. The van der Waals surface area contributed by atoms with Crippen LogP contribution in [0.5, 0.6) is 11.8 Å². The van der Waals surface area contributed by atoms with Crippen LogP contribution >= 0.6 is 0 Å². The molecule has 148 valence electrons. The van der Waals surface area contributed by atoms with E-state index in [1.165, 1.54) is 11.1 Å². The molecular formula is C22H22N4O3. The van der Waals surface area contributed by atoms with E-state index < -0.39 is 0 Å². The second-order valence-corrected chi connectivity index (χ2v) is 7.50. The molecule has 3 aromatic rings. The summed E-state index contributed by atoms with van der Waals surface area (Å²) in [5.74, 6) is 1.34. The average molecular weight is 390 g/mol. The average Bonchev–Trinajstić information content (AvgIpc) is 3.17. The molecule has 0 spiro atoms. The van der Waals surface area contributed by atoms with Gasteiger partial charge >= 0.3 is 0 Å². The van der Waals surface area contributed by atoms with Crippen LogP contribution in [-0.4, -0.2) is 34.4 Å². The van der Waals surface area contributed by atoms with E-state index in [0.717, 1.165) is 36.2 Å². The monoisotopic (exact) mass is 390 g/mol. The highest BCUT2D eigenvalue weighted by atomic mass is 16.5. The summed E-state index contributed by atoms with van der Waals surface area (Å²) in [4.78, 5) is 17.2. The third-order valence-electron chi connectivity index (χ3n) is 5.59. The highest BCUT2D eigenvalue weighted by Crippen LogP contribution is 2.45. The van der Waals surface area contributed by atoms with E-state index >= 15 is 0 Å². The van der Waals surface area contributed by atoms with Gasteiger partial charge in [0.2, 0.25) is 11.8 Å². The highest BCUT2D eigenvalue weighted by Gasteiger charge is 2.29. The summed E-state index contributed by atoms with van der Waals surface area (Å²) >= 11 is 0.